The van der Waals surface area contributed by atoms with Gasteiger partial charge in [-0.05, 0) is 24.0 Å². The van der Waals surface area contributed by atoms with Crippen molar-refractivity contribution in [1.29, 1.82) is 0 Å². The normalized spacial score (nSPS) is 17.3. The molecule has 31 heavy (non-hydrogen) atoms. The minimum absolute atomic E-state index is 0. The number of hydrogen-bond acceptors (Lipinski definition) is 6. The molecule has 2 aliphatic rings. The Bertz CT molecular complexity index is 848. The number of guanidine groups is 1. The van der Waals surface area contributed by atoms with Gasteiger partial charge >= 0.3 is 0 Å². The second-order valence-corrected chi connectivity index (χ2v) is 8.67. The van der Waals surface area contributed by atoms with E-state index in [1.807, 2.05) is 7.05 Å². The Morgan fingerprint density at radius 3 is 2.61 bits per heavy atom. The average Bonchev–Trinajstić information content (AvgIpc) is 3.29. The van der Waals surface area contributed by atoms with E-state index in [1.54, 1.807) is 0 Å². The summed E-state index contributed by atoms with van der Waals surface area (Å²) in [7, 11) is 1.88. The van der Waals surface area contributed by atoms with Gasteiger partial charge in [-0.3, -0.25) is 9.89 Å². The zero-order valence-electron chi connectivity index (χ0n) is 18.6. The molecule has 0 radical (unpaired) electrons. The average molecular weight is 556 g/mol. The molecule has 1 N–H and O–H groups in total. The van der Waals surface area contributed by atoms with Crippen LogP contribution >= 0.6 is 35.5 Å². The smallest absolute Gasteiger partial charge is 0.205 e. The highest BCUT2D eigenvalue weighted by atomic mass is 127. The number of benzene rings is 1. The molecule has 3 heterocycles. The molecule has 0 amide bonds. The number of nitrogens with zero attached hydrogens (tertiary/aromatic N) is 6. The SMILES string of the molecule is CCc1nsc(N2CCN(C(=NC)NCCCN3CCc4ccccc4C3)CC2)n1.I. The van der Waals surface area contributed by atoms with Crippen molar-refractivity contribution in [3.63, 3.8) is 0 Å². The minimum Gasteiger partial charge on any atom is -0.356 e. The summed E-state index contributed by atoms with van der Waals surface area (Å²) in [6.45, 7) is 10.3. The molecule has 1 fully saturated rings. The van der Waals surface area contributed by atoms with Gasteiger partial charge in [0, 0.05) is 77.4 Å². The third-order valence-electron chi connectivity index (χ3n) is 5.98. The predicted octanol–water partition coefficient (Wildman–Crippen LogP) is 2.86. The highest BCUT2D eigenvalue weighted by Gasteiger charge is 2.22. The monoisotopic (exact) mass is 555 g/mol. The van der Waals surface area contributed by atoms with Crippen LogP contribution in [0.5, 0.6) is 0 Å². The Balaban J connectivity index is 0.00000272. The van der Waals surface area contributed by atoms with Crippen molar-refractivity contribution in [2.45, 2.75) is 32.7 Å². The van der Waals surface area contributed by atoms with E-state index in [0.717, 1.165) is 75.6 Å². The first-order chi connectivity index (χ1) is 14.8. The van der Waals surface area contributed by atoms with Crippen LogP contribution in [0.1, 0.15) is 30.3 Å². The maximum absolute atomic E-state index is 4.63. The van der Waals surface area contributed by atoms with Crippen molar-refractivity contribution in [2.75, 3.05) is 57.8 Å². The first kappa shape index (κ1) is 24.2. The van der Waals surface area contributed by atoms with Crippen molar-refractivity contribution in [1.82, 2.24) is 24.5 Å². The molecule has 1 aromatic heterocycles. The van der Waals surface area contributed by atoms with Gasteiger partial charge in [0.15, 0.2) is 5.96 Å². The van der Waals surface area contributed by atoms with E-state index in [-0.39, 0.29) is 24.0 Å². The van der Waals surface area contributed by atoms with Crippen LogP contribution in [-0.4, -0.2) is 78.0 Å². The Morgan fingerprint density at radius 1 is 1.13 bits per heavy atom. The third-order valence-corrected chi connectivity index (χ3v) is 6.79. The lowest BCUT2D eigenvalue weighted by molar-refractivity contribution is 0.251. The van der Waals surface area contributed by atoms with Crippen LogP contribution in [0.2, 0.25) is 0 Å². The van der Waals surface area contributed by atoms with Gasteiger partial charge < -0.3 is 15.1 Å². The zero-order valence-corrected chi connectivity index (χ0v) is 21.7. The Kier molecular flexibility index (Phi) is 9.33. The molecule has 4 rings (SSSR count). The van der Waals surface area contributed by atoms with Gasteiger partial charge in [-0.25, -0.2) is 4.98 Å². The number of rotatable bonds is 6. The predicted molar refractivity (Wildman–Crippen MR) is 140 cm³/mol. The molecule has 0 unspecified atom stereocenters. The molecule has 2 aromatic rings. The van der Waals surface area contributed by atoms with E-state index in [0.29, 0.717) is 0 Å². The molecule has 0 spiro atoms. The molecule has 7 nitrogen and oxygen atoms in total. The molecule has 0 atom stereocenters. The van der Waals surface area contributed by atoms with Crippen LogP contribution in [0.3, 0.4) is 0 Å². The van der Waals surface area contributed by atoms with Crippen LogP contribution in [0, 0.1) is 0 Å². The summed E-state index contributed by atoms with van der Waals surface area (Å²) in [6.07, 6.45) is 3.20. The number of hydrogen-bond donors (Lipinski definition) is 1. The molecule has 0 aliphatic carbocycles. The molecule has 2 aliphatic heterocycles. The number of aryl methyl sites for hydroxylation is 1. The summed E-state index contributed by atoms with van der Waals surface area (Å²) in [6, 6.07) is 8.85. The summed E-state index contributed by atoms with van der Waals surface area (Å²) in [4.78, 5) is 16.4. The molecule has 0 saturated carbocycles. The fraction of sp³-hybridized carbons (Fsp3) is 0.591. The summed E-state index contributed by atoms with van der Waals surface area (Å²) in [5.74, 6) is 1.97. The van der Waals surface area contributed by atoms with E-state index in [9.17, 15) is 0 Å². The fourth-order valence-electron chi connectivity index (χ4n) is 4.21. The second-order valence-electron chi connectivity index (χ2n) is 7.94. The van der Waals surface area contributed by atoms with Gasteiger partial charge in [0.1, 0.15) is 5.82 Å². The van der Waals surface area contributed by atoms with E-state index >= 15 is 0 Å². The molecule has 170 valence electrons. The maximum atomic E-state index is 4.63. The number of anilines is 1. The third kappa shape index (κ3) is 6.29. The van der Waals surface area contributed by atoms with Gasteiger partial charge in [0.2, 0.25) is 5.13 Å². The fourth-order valence-corrected chi connectivity index (χ4v) is 5.01. The summed E-state index contributed by atoms with van der Waals surface area (Å²) < 4.78 is 4.42. The van der Waals surface area contributed by atoms with Gasteiger partial charge in [-0.2, -0.15) is 4.37 Å². The zero-order chi connectivity index (χ0) is 20.8. The van der Waals surface area contributed by atoms with Gasteiger partial charge in [-0.15, -0.1) is 24.0 Å². The van der Waals surface area contributed by atoms with Crippen LogP contribution in [0.15, 0.2) is 29.3 Å². The molecule has 0 bridgehead atoms. The molecule has 9 heteroatoms. The molecule has 1 saturated heterocycles. The lowest BCUT2D eigenvalue weighted by atomic mass is 10.00. The highest BCUT2D eigenvalue weighted by Crippen LogP contribution is 2.20. The number of piperazine rings is 1. The van der Waals surface area contributed by atoms with Crippen LogP contribution in [0.4, 0.5) is 5.13 Å². The molecular weight excluding hydrogens is 521 g/mol. The topological polar surface area (TPSA) is 59.9 Å². The van der Waals surface area contributed by atoms with Crippen LogP contribution < -0.4 is 10.2 Å². The van der Waals surface area contributed by atoms with Gasteiger partial charge in [-0.1, -0.05) is 31.2 Å². The van der Waals surface area contributed by atoms with Gasteiger partial charge in [0.05, 0.1) is 0 Å². The Morgan fingerprint density at radius 2 is 1.90 bits per heavy atom. The Hall–Kier alpha value is -1.46. The van der Waals surface area contributed by atoms with Crippen molar-refractivity contribution in [3.05, 3.63) is 41.2 Å². The quantitative estimate of drug-likeness (QED) is 0.256. The summed E-state index contributed by atoms with van der Waals surface area (Å²) >= 11 is 1.52. The second kappa shape index (κ2) is 12.0. The number of fused-ring (bicyclic) bond motifs is 1. The minimum atomic E-state index is 0. The number of nitrogens with one attached hydrogen (secondary N) is 1. The van der Waals surface area contributed by atoms with Crippen LogP contribution in [-0.2, 0) is 19.4 Å². The van der Waals surface area contributed by atoms with Crippen molar-refractivity contribution >= 4 is 46.6 Å². The highest BCUT2D eigenvalue weighted by molar-refractivity contribution is 14.0. The van der Waals surface area contributed by atoms with E-state index in [4.69, 9.17) is 0 Å². The van der Waals surface area contributed by atoms with E-state index in [2.05, 4.69) is 65.6 Å². The van der Waals surface area contributed by atoms with Crippen LogP contribution in [0.25, 0.3) is 0 Å². The van der Waals surface area contributed by atoms with E-state index in [1.165, 1.54) is 35.6 Å². The van der Waals surface area contributed by atoms with Crippen molar-refractivity contribution in [3.8, 4) is 0 Å². The molecule has 1 aromatic carbocycles. The van der Waals surface area contributed by atoms with Crippen molar-refractivity contribution < 1.29 is 0 Å². The lowest BCUT2D eigenvalue weighted by Gasteiger charge is -2.36. The first-order valence-corrected chi connectivity index (χ1v) is 11.9. The summed E-state index contributed by atoms with van der Waals surface area (Å²) in [5.41, 5.74) is 3.01. The Labute approximate surface area is 207 Å². The molecular formula is C22H34IN7S. The number of aromatic nitrogens is 2. The van der Waals surface area contributed by atoms with Crippen molar-refractivity contribution in [2.24, 2.45) is 4.99 Å². The van der Waals surface area contributed by atoms with E-state index < -0.39 is 0 Å². The maximum Gasteiger partial charge on any atom is 0.205 e. The summed E-state index contributed by atoms with van der Waals surface area (Å²) in [5, 5.41) is 4.62. The standard InChI is InChI=1S/C22H33N7S.HI/c1-3-20-25-22(30-26-20)29-15-13-28(14-16-29)21(23-2)24-10-6-11-27-12-9-18-7-4-5-8-19(18)17-27;/h4-5,7-8H,3,6,9-17H2,1-2H3,(H,23,24);1H. The first-order valence-electron chi connectivity index (χ1n) is 11.1. The number of aliphatic imine (C=N–C) groups is 1. The number of halogens is 1. The van der Waals surface area contributed by atoms with Gasteiger partial charge in [0.25, 0.3) is 0 Å². The largest absolute Gasteiger partial charge is 0.356 e. The lowest BCUT2D eigenvalue weighted by Crippen LogP contribution is -2.52.